The van der Waals surface area contributed by atoms with Crippen LogP contribution in [0, 0.1) is 11.7 Å². The van der Waals surface area contributed by atoms with E-state index in [1.807, 2.05) is 35.0 Å². The Labute approximate surface area is 213 Å². The maximum absolute atomic E-state index is 13.2. The number of nitrogens with zero attached hydrogens (tertiary/aromatic N) is 2. The Hall–Kier alpha value is -2.53. The van der Waals surface area contributed by atoms with Crippen LogP contribution in [0.3, 0.4) is 0 Å². The van der Waals surface area contributed by atoms with Gasteiger partial charge in [-0.1, -0.05) is 66.7 Å². The number of thiophene rings is 1. The molecule has 0 aliphatic carbocycles. The molecule has 0 spiro atoms. The van der Waals surface area contributed by atoms with Crippen LogP contribution in [0.15, 0.2) is 89.6 Å². The first-order valence-corrected chi connectivity index (χ1v) is 13.8. The lowest BCUT2D eigenvalue weighted by Gasteiger charge is -2.33. The second-order valence-corrected chi connectivity index (χ2v) is 10.8. The molecular formula is C31H35FN2S. The van der Waals surface area contributed by atoms with E-state index in [4.69, 9.17) is 0 Å². The highest BCUT2D eigenvalue weighted by atomic mass is 32.1. The maximum atomic E-state index is 13.2. The van der Waals surface area contributed by atoms with Crippen LogP contribution in [-0.4, -0.2) is 42.5 Å². The molecule has 2 fully saturated rings. The average molecular weight is 487 g/mol. The minimum Gasteiger partial charge on any atom is -0.303 e. The summed E-state index contributed by atoms with van der Waals surface area (Å²) >= 11 is 1.71. The fourth-order valence-corrected chi connectivity index (χ4v) is 6.11. The van der Waals surface area contributed by atoms with Crippen molar-refractivity contribution >= 4 is 22.1 Å². The van der Waals surface area contributed by atoms with Crippen molar-refractivity contribution < 1.29 is 4.39 Å². The van der Waals surface area contributed by atoms with Crippen molar-refractivity contribution in [2.75, 3.05) is 32.7 Å². The van der Waals surface area contributed by atoms with Gasteiger partial charge in [0.25, 0.3) is 0 Å². The Morgan fingerprint density at radius 2 is 1.46 bits per heavy atom. The van der Waals surface area contributed by atoms with E-state index in [0.29, 0.717) is 5.92 Å². The molecule has 0 saturated carbocycles. The van der Waals surface area contributed by atoms with Crippen LogP contribution in [0.2, 0.25) is 0 Å². The van der Waals surface area contributed by atoms with Crippen LogP contribution in [0.5, 0.6) is 0 Å². The van der Waals surface area contributed by atoms with E-state index in [0.717, 1.165) is 12.5 Å². The molecule has 0 N–H and O–H groups in total. The van der Waals surface area contributed by atoms with Gasteiger partial charge in [0.2, 0.25) is 0 Å². The first-order chi connectivity index (χ1) is 17.2. The van der Waals surface area contributed by atoms with Gasteiger partial charge in [0, 0.05) is 19.6 Å². The fourth-order valence-electron chi connectivity index (χ4n) is 5.65. The van der Waals surface area contributed by atoms with Crippen molar-refractivity contribution in [3.63, 3.8) is 0 Å². The lowest BCUT2D eigenvalue weighted by molar-refractivity contribution is 0.181. The molecule has 182 valence electrons. The molecule has 2 aliphatic heterocycles. The Morgan fingerprint density at radius 1 is 0.743 bits per heavy atom. The van der Waals surface area contributed by atoms with Gasteiger partial charge < -0.3 is 4.90 Å². The first-order valence-electron chi connectivity index (χ1n) is 12.9. The van der Waals surface area contributed by atoms with Gasteiger partial charge in [-0.05, 0) is 95.5 Å². The molecule has 1 unspecified atom stereocenters. The molecule has 35 heavy (non-hydrogen) atoms. The number of likely N-dealkylation sites (tertiary alicyclic amines) is 2. The summed E-state index contributed by atoms with van der Waals surface area (Å²) in [7, 11) is 0. The third-order valence-electron chi connectivity index (χ3n) is 7.51. The normalized spacial score (nSPS) is 19.5. The molecule has 2 aliphatic rings. The highest BCUT2D eigenvalue weighted by molar-refractivity contribution is 7.07. The molecule has 1 atom stereocenters. The third-order valence-corrected chi connectivity index (χ3v) is 8.14. The minimum absolute atomic E-state index is 0.134. The number of rotatable bonds is 5. The van der Waals surface area contributed by atoms with Crippen LogP contribution >= 0.6 is 11.3 Å². The van der Waals surface area contributed by atoms with Crippen LogP contribution in [0.1, 0.15) is 36.3 Å². The first kappa shape index (κ1) is 24.2. The summed E-state index contributed by atoms with van der Waals surface area (Å²) in [5.41, 5.74) is 2.76. The second-order valence-electron chi connectivity index (χ2n) is 9.95. The van der Waals surface area contributed by atoms with Crippen LogP contribution in [0.25, 0.3) is 10.8 Å². The summed E-state index contributed by atoms with van der Waals surface area (Å²) in [6.07, 6.45) is 3.69. The summed E-state index contributed by atoms with van der Waals surface area (Å²) in [4.78, 5) is 5.30. The summed E-state index contributed by atoms with van der Waals surface area (Å²) in [5.74, 6) is 1.24. The van der Waals surface area contributed by atoms with Crippen LogP contribution < -0.4 is 0 Å². The van der Waals surface area contributed by atoms with Crippen molar-refractivity contribution in [3.05, 3.63) is 107 Å². The van der Waals surface area contributed by atoms with Gasteiger partial charge in [-0.2, -0.15) is 11.3 Å². The van der Waals surface area contributed by atoms with E-state index < -0.39 is 0 Å². The molecule has 2 nitrogen and oxygen atoms in total. The Morgan fingerprint density at radius 3 is 2.20 bits per heavy atom. The van der Waals surface area contributed by atoms with Gasteiger partial charge >= 0.3 is 0 Å². The predicted octanol–water partition coefficient (Wildman–Crippen LogP) is 7.43. The summed E-state index contributed by atoms with van der Waals surface area (Å²) in [6.45, 7) is 7.04. The van der Waals surface area contributed by atoms with Crippen molar-refractivity contribution in [1.82, 2.24) is 9.80 Å². The van der Waals surface area contributed by atoms with Gasteiger partial charge in [0.1, 0.15) is 5.82 Å². The Balaban J connectivity index is 0.000000453. The highest BCUT2D eigenvalue weighted by Gasteiger charge is 2.27. The number of fused-ring (bicyclic) bond motifs is 1. The van der Waals surface area contributed by atoms with Gasteiger partial charge in [-0.15, -0.1) is 0 Å². The second kappa shape index (κ2) is 11.9. The zero-order valence-electron chi connectivity index (χ0n) is 20.4. The standard InChI is InChI=1S/C27H31FN2.C4H4S/c28-26-10-8-22(9-11-26)23-13-16-29(17-14-23)18-21-12-15-30(19-21)20-25-6-3-5-24-4-1-2-7-27(24)25;1-2-4-5-3-1/h1-11,21,23H,12-20H2;1-4H. The third kappa shape index (κ3) is 6.58. The SMILES string of the molecule is Fc1ccc(C2CCN(CC3CCN(Cc4cccc5ccccc45)C3)CC2)cc1.c1ccsc1. The van der Waals surface area contributed by atoms with Gasteiger partial charge in [0.05, 0.1) is 0 Å². The molecule has 0 radical (unpaired) electrons. The van der Waals surface area contributed by atoms with E-state index in [1.54, 1.807) is 23.5 Å². The molecule has 4 heteroatoms. The zero-order chi connectivity index (χ0) is 23.9. The van der Waals surface area contributed by atoms with Crippen molar-refractivity contribution in [3.8, 4) is 0 Å². The topological polar surface area (TPSA) is 6.48 Å². The van der Waals surface area contributed by atoms with Crippen molar-refractivity contribution in [1.29, 1.82) is 0 Å². The number of piperidine rings is 1. The molecule has 3 heterocycles. The van der Waals surface area contributed by atoms with E-state index in [9.17, 15) is 4.39 Å². The maximum Gasteiger partial charge on any atom is 0.123 e. The van der Waals surface area contributed by atoms with E-state index in [1.165, 1.54) is 73.9 Å². The van der Waals surface area contributed by atoms with Crippen molar-refractivity contribution in [2.45, 2.75) is 31.7 Å². The molecule has 2 saturated heterocycles. The van der Waals surface area contributed by atoms with Crippen molar-refractivity contribution in [2.24, 2.45) is 5.92 Å². The van der Waals surface area contributed by atoms with E-state index in [2.05, 4.69) is 52.3 Å². The number of hydrogen-bond acceptors (Lipinski definition) is 3. The van der Waals surface area contributed by atoms with Gasteiger partial charge in [-0.3, -0.25) is 4.90 Å². The monoisotopic (exact) mass is 486 g/mol. The Kier molecular flexibility index (Phi) is 8.25. The van der Waals surface area contributed by atoms with Gasteiger partial charge in [-0.25, -0.2) is 4.39 Å². The summed E-state index contributed by atoms with van der Waals surface area (Å²) in [6, 6.07) is 26.6. The molecule has 3 aromatic carbocycles. The average Bonchev–Trinajstić information content (AvgIpc) is 3.61. The summed E-state index contributed by atoms with van der Waals surface area (Å²) in [5, 5.41) is 6.82. The quantitative estimate of drug-likeness (QED) is 0.289. The zero-order valence-corrected chi connectivity index (χ0v) is 21.2. The number of hydrogen-bond donors (Lipinski definition) is 0. The molecule has 1 aromatic heterocycles. The summed E-state index contributed by atoms with van der Waals surface area (Å²) < 4.78 is 13.2. The van der Waals surface area contributed by atoms with E-state index in [-0.39, 0.29) is 5.82 Å². The fraction of sp³-hybridized carbons (Fsp3) is 0.355. The molecule has 4 aromatic rings. The Bertz CT molecular complexity index is 1140. The molecule has 0 amide bonds. The van der Waals surface area contributed by atoms with Crippen LogP contribution in [-0.2, 0) is 6.54 Å². The lowest BCUT2D eigenvalue weighted by Crippen LogP contribution is -2.37. The van der Waals surface area contributed by atoms with E-state index >= 15 is 0 Å². The highest BCUT2D eigenvalue weighted by Crippen LogP contribution is 2.30. The van der Waals surface area contributed by atoms with Gasteiger partial charge in [0.15, 0.2) is 0 Å². The van der Waals surface area contributed by atoms with Crippen LogP contribution in [0.4, 0.5) is 4.39 Å². The lowest BCUT2D eigenvalue weighted by atomic mass is 9.89. The number of benzene rings is 3. The molecular weight excluding hydrogens is 451 g/mol. The minimum atomic E-state index is -0.134. The predicted molar refractivity (Wildman–Crippen MR) is 146 cm³/mol. The molecule has 6 rings (SSSR count). The molecule has 0 bridgehead atoms. The number of halogens is 1. The smallest absolute Gasteiger partial charge is 0.123 e. The largest absolute Gasteiger partial charge is 0.303 e.